The molecule has 21 nitrogen and oxygen atoms in total. The number of carbonyl (C=O) groups is 1. The smallest absolute Gasteiger partial charge is 0.342 e. The van der Waals surface area contributed by atoms with Crippen molar-refractivity contribution in [3.05, 3.63) is 43.0 Å². The number of aromatic nitrogens is 4. The summed E-state index contributed by atoms with van der Waals surface area (Å²) in [6, 6.07) is 7.42. The Morgan fingerprint density at radius 2 is 1.76 bits per heavy atom. The first-order valence-corrected chi connectivity index (χ1v) is 19.4. The molecule has 4 heterocycles. The molecule has 9 N–H and O–H groups in total. The van der Waals surface area contributed by atoms with Crippen LogP contribution in [0.15, 0.2) is 43.0 Å². The fourth-order valence-electron chi connectivity index (χ4n) is 5.94. The number of aliphatic hydroxyl groups is 7. The third kappa shape index (κ3) is 10.1. The lowest BCUT2D eigenvalue weighted by atomic mass is 9.93. The van der Waals surface area contributed by atoms with Crippen LogP contribution in [-0.2, 0) is 39.6 Å². The van der Waals surface area contributed by atoms with Gasteiger partial charge >= 0.3 is 13.5 Å². The van der Waals surface area contributed by atoms with E-state index in [1.54, 1.807) is 55.7 Å². The molecule has 12 atom stereocenters. The van der Waals surface area contributed by atoms with Gasteiger partial charge in [0.1, 0.15) is 55.0 Å². The lowest BCUT2D eigenvalue weighted by molar-refractivity contribution is -0.359. The summed E-state index contributed by atoms with van der Waals surface area (Å²) in [5, 5.41) is 78.5. The van der Waals surface area contributed by atoms with Gasteiger partial charge in [-0.15, -0.1) is 0 Å². The molecule has 0 amide bonds. The van der Waals surface area contributed by atoms with E-state index in [2.05, 4.69) is 25.4 Å². The first-order chi connectivity index (χ1) is 26.1. The molecule has 1 aromatic carbocycles. The molecule has 2 aromatic heterocycles. The zero-order chi connectivity index (χ0) is 40.1. The van der Waals surface area contributed by atoms with E-state index in [9.17, 15) is 45.1 Å². The number of esters is 1. The molecule has 5 rings (SSSR count). The highest BCUT2D eigenvalue weighted by molar-refractivity contribution is 7.57. The van der Waals surface area contributed by atoms with E-state index in [0.717, 1.165) is 6.33 Å². The number of rotatable bonds is 17. The van der Waals surface area contributed by atoms with E-state index >= 15 is 0 Å². The maximum atomic E-state index is 14.0. The maximum absolute atomic E-state index is 14.0. The molecule has 22 heteroatoms. The minimum Gasteiger partial charge on any atom is -0.462 e. The van der Waals surface area contributed by atoms with Crippen molar-refractivity contribution in [2.75, 3.05) is 31.5 Å². The summed E-state index contributed by atoms with van der Waals surface area (Å²) in [6.45, 7) is 5.04. The Morgan fingerprint density at radius 1 is 1.04 bits per heavy atom. The summed E-state index contributed by atoms with van der Waals surface area (Å²) < 4.78 is 49.3. The Hall–Kier alpha value is -3.41. The number of fused-ring (bicyclic) bond motifs is 1. The quantitative estimate of drug-likeness (QED) is 0.0432. The van der Waals surface area contributed by atoms with Gasteiger partial charge in [0.25, 0.3) is 5.91 Å². The molecule has 2 saturated heterocycles. The Bertz CT molecular complexity index is 1760. The summed E-state index contributed by atoms with van der Waals surface area (Å²) in [7, 11) is -3.85. The van der Waals surface area contributed by atoms with Crippen molar-refractivity contribution >= 4 is 30.5 Å². The van der Waals surface area contributed by atoms with Crippen LogP contribution in [-0.4, -0.2) is 154 Å². The van der Waals surface area contributed by atoms with Crippen LogP contribution >= 0.6 is 7.52 Å². The summed E-state index contributed by atoms with van der Waals surface area (Å²) in [5.41, 5.74) is 0.392. The van der Waals surface area contributed by atoms with Crippen LogP contribution < -0.4 is 14.9 Å². The Balaban J connectivity index is 1.28. The van der Waals surface area contributed by atoms with E-state index < -0.39 is 99.9 Å². The highest BCUT2D eigenvalue weighted by Crippen LogP contribution is 2.44. The lowest BCUT2D eigenvalue weighted by Crippen LogP contribution is -2.66. The van der Waals surface area contributed by atoms with Gasteiger partial charge in [0.15, 0.2) is 29.4 Å². The maximum Gasteiger partial charge on any atom is 0.342 e. The molecule has 0 spiro atoms. The molecule has 2 fully saturated rings. The second-order valence-electron chi connectivity index (χ2n) is 13.6. The van der Waals surface area contributed by atoms with E-state index in [4.69, 9.17) is 28.2 Å². The zero-order valence-corrected chi connectivity index (χ0v) is 31.5. The normalized spacial score (nSPS) is 30.8. The predicted octanol–water partition coefficient (Wildman–Crippen LogP) is -1.37. The van der Waals surface area contributed by atoms with Crippen molar-refractivity contribution in [2.24, 2.45) is 5.92 Å². The first kappa shape index (κ1) is 42.7. The van der Waals surface area contributed by atoms with Gasteiger partial charge in [-0.05, 0) is 39.8 Å². The fraction of sp³-hybridized carbons (Fsp3) is 0.636. The first-order valence-electron chi connectivity index (χ1n) is 17.6. The average Bonchev–Trinajstić information content (AvgIpc) is 3.56. The molecule has 3 aromatic rings. The van der Waals surface area contributed by atoms with Crippen molar-refractivity contribution in [1.82, 2.24) is 24.6 Å². The van der Waals surface area contributed by atoms with Crippen LogP contribution in [0.5, 0.6) is 5.75 Å². The Morgan fingerprint density at radius 3 is 2.44 bits per heavy atom. The number of para-hydroxylation sites is 1. The number of benzene rings is 1. The van der Waals surface area contributed by atoms with Crippen molar-refractivity contribution in [2.45, 2.75) is 101 Å². The van der Waals surface area contributed by atoms with Crippen LogP contribution in [0.3, 0.4) is 0 Å². The number of hydrogen-bond acceptors (Lipinski definition) is 19. The van der Waals surface area contributed by atoms with Gasteiger partial charge < -0.3 is 73.8 Å². The second kappa shape index (κ2) is 18.2. The third-order valence-corrected chi connectivity index (χ3v) is 10.6. The number of anilines is 1. The molecular weight excluding hydrogens is 751 g/mol. The van der Waals surface area contributed by atoms with Crippen LogP contribution in [0.25, 0.3) is 11.2 Å². The van der Waals surface area contributed by atoms with Gasteiger partial charge in [0.05, 0.1) is 44.9 Å². The highest BCUT2D eigenvalue weighted by Gasteiger charge is 2.54. The number of ether oxygens (including phenoxy) is 5. The highest BCUT2D eigenvalue weighted by atomic mass is 31.2. The zero-order valence-electron chi connectivity index (χ0n) is 30.6. The summed E-state index contributed by atoms with van der Waals surface area (Å²) in [5.74, 6) is -3.98. The second-order valence-corrected chi connectivity index (χ2v) is 15.7. The van der Waals surface area contributed by atoms with Gasteiger partial charge in [0, 0.05) is 5.92 Å². The van der Waals surface area contributed by atoms with E-state index in [-0.39, 0.29) is 36.2 Å². The predicted molar refractivity (Wildman–Crippen MR) is 189 cm³/mol. The van der Waals surface area contributed by atoms with Crippen LogP contribution in [0, 0.1) is 5.92 Å². The Kier molecular flexibility index (Phi) is 14.2. The standard InChI is InChI=1S/C33H49N6O15P/c1-17(2)51-31(46)19(4)38-55(48,54-21-8-6-5-7-9-21)16-49-18(3)10-39-15-36-23-29(34-14-35-30(23)39)37-33(47)28(45)27(20(11-40)13-50-33)53-32-26(44)25(43)24(42)22(12-41)52-32/h5-9,14-15,17-20,22,24-28,32,40-45,47H,10-13,16H2,1-4H3,(H,38,48)(H,34,35,37)/t18?,19-,20?,22?,24?,25?,26?,27?,28?,32?,33?,55?/m0/s1. The minimum absolute atomic E-state index is 0.0832. The lowest BCUT2D eigenvalue weighted by Gasteiger charge is -2.47. The molecule has 11 unspecified atom stereocenters. The number of nitrogens with zero attached hydrogens (tertiary/aromatic N) is 4. The topological polar surface area (TPSA) is 299 Å². The van der Waals surface area contributed by atoms with Gasteiger partial charge in [-0.3, -0.25) is 9.36 Å². The average molecular weight is 801 g/mol. The van der Waals surface area contributed by atoms with E-state index in [1.807, 2.05) is 0 Å². The van der Waals surface area contributed by atoms with Crippen molar-refractivity contribution < 1.29 is 73.3 Å². The molecule has 2 aliphatic heterocycles. The molecule has 306 valence electrons. The molecule has 55 heavy (non-hydrogen) atoms. The minimum atomic E-state index is -3.85. The number of aliphatic hydroxyl groups excluding tert-OH is 6. The van der Waals surface area contributed by atoms with Crippen LogP contribution in [0.4, 0.5) is 5.82 Å². The molecule has 0 saturated carbocycles. The summed E-state index contributed by atoms with van der Waals surface area (Å²) in [4.78, 5) is 25.3. The van der Waals surface area contributed by atoms with E-state index in [0.29, 0.717) is 5.75 Å². The third-order valence-electron chi connectivity index (χ3n) is 8.84. The summed E-state index contributed by atoms with van der Waals surface area (Å²) in [6.07, 6.45) is -10.6. The van der Waals surface area contributed by atoms with Gasteiger partial charge in [-0.1, -0.05) is 18.2 Å². The molecule has 0 aliphatic carbocycles. The molecule has 0 bridgehead atoms. The van der Waals surface area contributed by atoms with Crippen molar-refractivity contribution in [3.8, 4) is 5.75 Å². The molecule has 0 radical (unpaired) electrons. The van der Waals surface area contributed by atoms with Crippen molar-refractivity contribution in [3.63, 3.8) is 0 Å². The van der Waals surface area contributed by atoms with Crippen molar-refractivity contribution in [1.29, 1.82) is 0 Å². The number of imidazole rings is 1. The number of carbonyl (C=O) groups excluding carboxylic acids is 1. The van der Waals surface area contributed by atoms with E-state index in [1.165, 1.54) is 13.3 Å². The fourth-order valence-corrected chi connectivity index (χ4v) is 7.72. The molecule has 2 aliphatic rings. The number of nitrogens with one attached hydrogen (secondary N) is 2. The summed E-state index contributed by atoms with van der Waals surface area (Å²) >= 11 is 0. The van der Waals surface area contributed by atoms with Gasteiger partial charge in [0.2, 0.25) is 0 Å². The number of hydrogen-bond donors (Lipinski definition) is 9. The SMILES string of the molecule is CC(C)OC(=O)[C@H](C)NP(=O)(COC(C)Cn1cnc2c(NC3(O)OCC(CO)C(OC4OC(CO)C(O)C(O)C4O)C3O)ncnc21)Oc1ccccc1. The van der Waals surface area contributed by atoms with Gasteiger partial charge in [-0.2, -0.15) is 0 Å². The Labute approximate surface area is 315 Å². The molecular formula is C33H49N6O15P. The monoisotopic (exact) mass is 800 g/mol. The van der Waals surface area contributed by atoms with Crippen LogP contribution in [0.2, 0.25) is 0 Å². The largest absolute Gasteiger partial charge is 0.462 e. The van der Waals surface area contributed by atoms with Gasteiger partial charge in [-0.25, -0.2) is 20.0 Å². The van der Waals surface area contributed by atoms with Crippen LogP contribution in [0.1, 0.15) is 27.7 Å².